The molecule has 10 heteroatoms. The summed E-state index contributed by atoms with van der Waals surface area (Å²) in [6, 6.07) is 8.60. The summed E-state index contributed by atoms with van der Waals surface area (Å²) in [5, 5.41) is 8.28. The van der Waals surface area contributed by atoms with Crippen molar-refractivity contribution in [1.82, 2.24) is 19.9 Å². The topological polar surface area (TPSA) is 90.9 Å². The van der Waals surface area contributed by atoms with Gasteiger partial charge in [0, 0.05) is 0 Å². The van der Waals surface area contributed by atoms with E-state index in [4.69, 9.17) is 4.52 Å². The Bertz CT molecular complexity index is 1190. The first-order valence-electron chi connectivity index (χ1n) is 9.28. The number of benzene rings is 1. The van der Waals surface area contributed by atoms with E-state index in [2.05, 4.69) is 15.2 Å². The molecule has 1 aliphatic carbocycles. The summed E-state index contributed by atoms with van der Waals surface area (Å²) in [4.78, 5) is 4.46. The summed E-state index contributed by atoms with van der Waals surface area (Å²) in [7, 11) is -3.18. The molecule has 7 nitrogen and oxygen atoms in total. The molecule has 0 unspecified atom stereocenters. The van der Waals surface area contributed by atoms with Gasteiger partial charge in [-0.25, -0.2) is 17.2 Å². The lowest BCUT2D eigenvalue weighted by Crippen LogP contribution is -2.39. The van der Waals surface area contributed by atoms with Gasteiger partial charge >= 0.3 is 0 Å². The lowest BCUT2D eigenvalue weighted by molar-refractivity contribution is 0.136. The highest BCUT2D eigenvalue weighted by atomic mass is 32.2. The minimum absolute atomic E-state index is 0.0580. The van der Waals surface area contributed by atoms with Crippen molar-refractivity contribution < 1.29 is 21.7 Å². The first-order chi connectivity index (χ1) is 13.8. The number of halogens is 2. The average molecular weight is 420 g/mol. The Morgan fingerprint density at radius 1 is 1.24 bits per heavy atom. The fourth-order valence-corrected chi connectivity index (χ4v) is 5.37. The molecule has 0 bridgehead atoms. The first kappa shape index (κ1) is 18.4. The SMILES string of the molecule is Cc1ccccc1C1(c2noc(-c3cc(C(F)F)n(C4CS(=O)(=O)C4)n3)n2)CC1. The zero-order valence-corrected chi connectivity index (χ0v) is 16.4. The number of aromatic nitrogens is 4. The van der Waals surface area contributed by atoms with E-state index in [1.807, 2.05) is 31.2 Å². The van der Waals surface area contributed by atoms with Gasteiger partial charge in [-0.3, -0.25) is 4.68 Å². The van der Waals surface area contributed by atoms with Gasteiger partial charge in [0.25, 0.3) is 12.3 Å². The van der Waals surface area contributed by atoms with Crippen molar-refractivity contribution in [2.45, 2.75) is 37.6 Å². The standard InChI is InChI=1S/C19H18F2N4O3S/c1-11-4-2-3-5-13(11)19(6-7-19)18-22-17(28-24-18)14-8-15(16(20)21)25(23-14)12-9-29(26,27)10-12/h2-5,8,12,16H,6-7,9-10H2,1H3. The molecule has 5 rings (SSSR count). The maximum atomic E-state index is 13.5. The number of aryl methyl sites for hydroxylation is 1. The number of alkyl halides is 2. The molecule has 0 spiro atoms. The second-order valence-electron chi connectivity index (χ2n) is 7.75. The molecule has 29 heavy (non-hydrogen) atoms. The molecular formula is C19H18F2N4O3S. The molecule has 2 aromatic heterocycles. The number of rotatable bonds is 5. The molecule has 0 radical (unpaired) electrons. The van der Waals surface area contributed by atoms with Crippen LogP contribution in [0.25, 0.3) is 11.6 Å². The maximum absolute atomic E-state index is 13.5. The Morgan fingerprint density at radius 3 is 2.59 bits per heavy atom. The third-order valence-electron chi connectivity index (χ3n) is 5.71. The monoisotopic (exact) mass is 420 g/mol. The highest BCUT2D eigenvalue weighted by molar-refractivity contribution is 7.92. The zero-order chi connectivity index (χ0) is 20.4. The van der Waals surface area contributed by atoms with Crippen LogP contribution in [-0.4, -0.2) is 39.8 Å². The Labute approximate surface area is 165 Å². The van der Waals surface area contributed by atoms with Crippen LogP contribution in [0, 0.1) is 6.92 Å². The third kappa shape index (κ3) is 2.97. The second-order valence-corrected chi connectivity index (χ2v) is 9.90. The van der Waals surface area contributed by atoms with E-state index in [-0.39, 0.29) is 34.2 Å². The van der Waals surface area contributed by atoms with Gasteiger partial charge in [0.2, 0.25) is 0 Å². The van der Waals surface area contributed by atoms with Gasteiger partial charge in [0.15, 0.2) is 21.4 Å². The lowest BCUT2D eigenvalue weighted by Gasteiger charge is -2.27. The molecule has 152 valence electrons. The normalized spacial score (nSPS) is 20.0. The molecule has 0 amide bonds. The number of hydrogen-bond donors (Lipinski definition) is 0. The van der Waals surface area contributed by atoms with Crippen molar-refractivity contribution in [2.24, 2.45) is 0 Å². The number of hydrogen-bond acceptors (Lipinski definition) is 6. The smallest absolute Gasteiger partial charge is 0.280 e. The summed E-state index contributed by atoms with van der Waals surface area (Å²) in [5.74, 6) is 0.183. The van der Waals surface area contributed by atoms with Crippen molar-refractivity contribution in [3.63, 3.8) is 0 Å². The van der Waals surface area contributed by atoms with Gasteiger partial charge in [-0.15, -0.1) is 0 Å². The molecule has 0 atom stereocenters. The predicted octanol–water partition coefficient (Wildman–Crippen LogP) is 3.23. The highest BCUT2D eigenvalue weighted by Crippen LogP contribution is 2.53. The fraction of sp³-hybridized carbons (Fsp3) is 0.421. The van der Waals surface area contributed by atoms with E-state index in [0.717, 1.165) is 28.7 Å². The van der Waals surface area contributed by atoms with Gasteiger partial charge in [-0.2, -0.15) is 10.1 Å². The first-order valence-corrected chi connectivity index (χ1v) is 11.1. The van der Waals surface area contributed by atoms with Gasteiger partial charge in [-0.1, -0.05) is 29.4 Å². The van der Waals surface area contributed by atoms with Crippen molar-refractivity contribution in [3.8, 4) is 11.6 Å². The number of sulfone groups is 1. The summed E-state index contributed by atoms with van der Waals surface area (Å²) in [6.07, 6.45) is -1.02. The van der Waals surface area contributed by atoms with E-state index in [1.54, 1.807) is 0 Å². The van der Waals surface area contributed by atoms with Gasteiger partial charge in [0.1, 0.15) is 5.69 Å². The van der Waals surface area contributed by atoms with Crippen molar-refractivity contribution in [1.29, 1.82) is 0 Å². The van der Waals surface area contributed by atoms with Crippen LogP contribution in [-0.2, 0) is 15.3 Å². The van der Waals surface area contributed by atoms with Crippen LogP contribution in [0.3, 0.4) is 0 Å². The van der Waals surface area contributed by atoms with E-state index in [1.165, 1.54) is 6.07 Å². The van der Waals surface area contributed by atoms with Crippen LogP contribution in [0.15, 0.2) is 34.9 Å². The minimum Gasteiger partial charge on any atom is -0.332 e. The summed E-state index contributed by atoms with van der Waals surface area (Å²) < 4.78 is 56.3. The zero-order valence-electron chi connectivity index (χ0n) is 15.5. The largest absolute Gasteiger partial charge is 0.332 e. The van der Waals surface area contributed by atoms with Gasteiger partial charge in [-0.05, 0) is 37.0 Å². The molecule has 1 saturated heterocycles. The van der Waals surface area contributed by atoms with Crippen molar-refractivity contribution in [2.75, 3.05) is 11.5 Å². The van der Waals surface area contributed by atoms with E-state index in [9.17, 15) is 17.2 Å². The fourth-order valence-electron chi connectivity index (χ4n) is 4.02. The maximum Gasteiger partial charge on any atom is 0.280 e. The average Bonchev–Trinajstić information content (AvgIpc) is 3.11. The van der Waals surface area contributed by atoms with Crippen LogP contribution in [0.5, 0.6) is 0 Å². The lowest BCUT2D eigenvalue weighted by atomic mass is 9.91. The molecule has 1 aromatic carbocycles. The minimum atomic E-state index is -3.18. The predicted molar refractivity (Wildman–Crippen MR) is 99.4 cm³/mol. The van der Waals surface area contributed by atoms with E-state index < -0.39 is 22.3 Å². The second kappa shape index (κ2) is 6.19. The summed E-state index contributed by atoms with van der Waals surface area (Å²) in [6.45, 7) is 2.03. The third-order valence-corrected chi connectivity index (χ3v) is 7.50. The van der Waals surface area contributed by atoms with E-state index in [0.29, 0.717) is 5.82 Å². The van der Waals surface area contributed by atoms with Crippen molar-refractivity contribution in [3.05, 3.63) is 53.0 Å². The van der Waals surface area contributed by atoms with Crippen LogP contribution in [0.2, 0.25) is 0 Å². The Hall–Kier alpha value is -2.62. The molecule has 2 fully saturated rings. The molecule has 3 heterocycles. The van der Waals surface area contributed by atoms with Crippen molar-refractivity contribution >= 4 is 9.84 Å². The van der Waals surface area contributed by atoms with Crippen LogP contribution in [0.1, 0.15) is 48.0 Å². The highest BCUT2D eigenvalue weighted by Gasteiger charge is 2.50. The Kier molecular flexibility index (Phi) is 3.93. The number of nitrogens with zero attached hydrogens (tertiary/aromatic N) is 4. The molecular weight excluding hydrogens is 402 g/mol. The molecule has 1 aliphatic heterocycles. The van der Waals surface area contributed by atoms with Crippen LogP contribution < -0.4 is 0 Å². The molecule has 0 N–H and O–H groups in total. The van der Waals surface area contributed by atoms with Gasteiger partial charge < -0.3 is 4.52 Å². The molecule has 1 saturated carbocycles. The Balaban J connectivity index is 1.49. The van der Waals surface area contributed by atoms with Gasteiger partial charge in [0.05, 0.1) is 23.0 Å². The quantitative estimate of drug-likeness (QED) is 0.629. The summed E-state index contributed by atoms with van der Waals surface area (Å²) in [5.41, 5.74) is 1.73. The molecule has 3 aromatic rings. The van der Waals surface area contributed by atoms with Crippen LogP contribution in [0.4, 0.5) is 8.78 Å². The van der Waals surface area contributed by atoms with Crippen LogP contribution >= 0.6 is 0 Å². The van der Waals surface area contributed by atoms with E-state index >= 15 is 0 Å². The molecule has 2 aliphatic rings. The Morgan fingerprint density at radius 2 is 1.97 bits per heavy atom. The summed E-state index contributed by atoms with van der Waals surface area (Å²) >= 11 is 0.